The van der Waals surface area contributed by atoms with Crippen molar-refractivity contribution in [2.45, 2.75) is 58.2 Å². The normalized spacial score (nSPS) is 22.0. The highest BCUT2D eigenvalue weighted by molar-refractivity contribution is 5.27. The summed E-state index contributed by atoms with van der Waals surface area (Å²) in [5.74, 6) is 0.932. The van der Waals surface area contributed by atoms with Crippen LogP contribution in [0.25, 0.3) is 0 Å². The molecule has 3 unspecified atom stereocenters. The molecule has 0 spiro atoms. The molecule has 1 fully saturated rings. The Morgan fingerprint density at radius 1 is 1.29 bits per heavy atom. The number of ether oxygens (including phenoxy) is 1. The fraction of sp³-hybridized carbons (Fsp3) is 0.667. The number of aryl methyl sites for hydroxylation is 1. The third kappa shape index (κ3) is 6.71. The van der Waals surface area contributed by atoms with Crippen LogP contribution in [0.5, 0.6) is 5.75 Å². The van der Waals surface area contributed by atoms with Crippen molar-refractivity contribution in [3.8, 4) is 5.75 Å². The number of halogens is 2. The Kier molecular flexibility index (Phi) is 7.88. The van der Waals surface area contributed by atoms with E-state index in [4.69, 9.17) is 0 Å². The number of nitrogens with one attached hydrogen (secondary N) is 3. The maximum absolute atomic E-state index is 12.1. The summed E-state index contributed by atoms with van der Waals surface area (Å²) in [4.78, 5) is 0. The van der Waals surface area contributed by atoms with Gasteiger partial charge in [0.2, 0.25) is 0 Å². The summed E-state index contributed by atoms with van der Waals surface area (Å²) >= 11 is 0. The van der Waals surface area contributed by atoms with Crippen LogP contribution in [0.1, 0.15) is 38.7 Å². The number of hydrazine groups is 1. The lowest BCUT2D eigenvalue weighted by atomic mass is 9.98. The maximum Gasteiger partial charge on any atom is 0.387 e. The summed E-state index contributed by atoms with van der Waals surface area (Å²) in [6, 6.07) is 7.91. The lowest BCUT2D eigenvalue weighted by Gasteiger charge is -2.16. The first-order valence-electron chi connectivity index (χ1n) is 8.80. The van der Waals surface area contributed by atoms with Crippen LogP contribution in [-0.4, -0.2) is 31.8 Å². The molecule has 1 aliphatic rings. The van der Waals surface area contributed by atoms with Crippen molar-refractivity contribution in [2.75, 3.05) is 13.1 Å². The molecule has 0 radical (unpaired) electrons. The van der Waals surface area contributed by atoms with Crippen molar-refractivity contribution in [3.63, 3.8) is 0 Å². The molecule has 0 aliphatic carbocycles. The van der Waals surface area contributed by atoms with E-state index in [0.29, 0.717) is 12.1 Å². The molecule has 2 rings (SSSR count). The molecule has 1 saturated heterocycles. The van der Waals surface area contributed by atoms with Gasteiger partial charge in [-0.25, -0.2) is 0 Å². The molecule has 0 aromatic heterocycles. The maximum atomic E-state index is 12.1. The monoisotopic (exact) mass is 341 g/mol. The van der Waals surface area contributed by atoms with Crippen LogP contribution in [0.3, 0.4) is 0 Å². The average molecular weight is 341 g/mol. The minimum absolute atomic E-state index is 0.213. The minimum atomic E-state index is -2.76. The number of hydrogen-bond donors (Lipinski definition) is 3. The van der Waals surface area contributed by atoms with Crippen molar-refractivity contribution in [1.82, 2.24) is 16.2 Å². The zero-order valence-corrected chi connectivity index (χ0v) is 14.5. The van der Waals surface area contributed by atoms with Gasteiger partial charge in [-0.05, 0) is 69.7 Å². The van der Waals surface area contributed by atoms with Gasteiger partial charge >= 0.3 is 6.61 Å². The molecule has 6 heteroatoms. The second-order valence-corrected chi connectivity index (χ2v) is 6.63. The van der Waals surface area contributed by atoms with Gasteiger partial charge in [0.1, 0.15) is 5.75 Å². The molecule has 136 valence electrons. The molecule has 1 aliphatic heterocycles. The molecule has 0 amide bonds. The summed E-state index contributed by atoms with van der Waals surface area (Å²) < 4.78 is 28.6. The van der Waals surface area contributed by atoms with Gasteiger partial charge in [0, 0.05) is 18.6 Å². The summed E-state index contributed by atoms with van der Waals surface area (Å²) in [5.41, 5.74) is 7.60. The Balaban J connectivity index is 1.58. The van der Waals surface area contributed by atoms with Gasteiger partial charge in [-0.3, -0.25) is 10.9 Å². The third-order valence-corrected chi connectivity index (χ3v) is 4.66. The Morgan fingerprint density at radius 3 is 2.67 bits per heavy atom. The summed E-state index contributed by atoms with van der Waals surface area (Å²) in [6.45, 7) is 3.74. The highest BCUT2D eigenvalue weighted by atomic mass is 19.3. The van der Waals surface area contributed by atoms with Crippen LogP contribution in [0.2, 0.25) is 0 Å². The van der Waals surface area contributed by atoms with E-state index in [9.17, 15) is 8.78 Å². The molecular formula is C18H29F2N3O. The van der Waals surface area contributed by atoms with Crippen LogP contribution in [-0.2, 0) is 6.42 Å². The lowest BCUT2D eigenvalue weighted by Crippen LogP contribution is -2.29. The van der Waals surface area contributed by atoms with Gasteiger partial charge in [0.25, 0.3) is 0 Å². The van der Waals surface area contributed by atoms with Gasteiger partial charge < -0.3 is 10.1 Å². The van der Waals surface area contributed by atoms with Gasteiger partial charge in [0.15, 0.2) is 0 Å². The van der Waals surface area contributed by atoms with Crippen molar-refractivity contribution >= 4 is 0 Å². The van der Waals surface area contributed by atoms with E-state index in [2.05, 4.69) is 34.8 Å². The van der Waals surface area contributed by atoms with Gasteiger partial charge in [0.05, 0.1) is 0 Å². The fourth-order valence-electron chi connectivity index (χ4n) is 3.03. The minimum Gasteiger partial charge on any atom is -0.435 e. The van der Waals surface area contributed by atoms with E-state index in [1.807, 2.05) is 12.1 Å². The fourth-order valence-corrected chi connectivity index (χ4v) is 3.03. The largest absolute Gasteiger partial charge is 0.435 e. The topological polar surface area (TPSA) is 45.3 Å². The number of alkyl halides is 2. The quantitative estimate of drug-likeness (QED) is 0.572. The predicted octanol–water partition coefficient (Wildman–Crippen LogP) is 3.09. The summed E-state index contributed by atoms with van der Waals surface area (Å²) in [6.07, 6.45) is 4.36. The number of rotatable bonds is 10. The second kappa shape index (κ2) is 9.91. The molecule has 1 aromatic rings. The third-order valence-electron chi connectivity index (χ3n) is 4.66. The van der Waals surface area contributed by atoms with Crippen molar-refractivity contribution in [1.29, 1.82) is 0 Å². The molecule has 4 nitrogen and oxygen atoms in total. The average Bonchev–Trinajstić information content (AvgIpc) is 2.95. The predicted molar refractivity (Wildman–Crippen MR) is 92.2 cm³/mol. The molecule has 1 aromatic carbocycles. The van der Waals surface area contributed by atoms with E-state index < -0.39 is 6.61 Å². The standard InChI is InChI=1S/C18H29F2N3O/c1-13(21-11-3-4-16-12-22-23-14(16)2)5-6-15-7-9-17(10-8-15)24-18(19)20/h7-10,13-14,16,18,21-23H,3-6,11-12H2,1-2H3. The zero-order chi connectivity index (χ0) is 17.4. The van der Waals surface area contributed by atoms with Crippen LogP contribution < -0.4 is 20.9 Å². The first-order chi connectivity index (χ1) is 11.5. The van der Waals surface area contributed by atoms with Crippen molar-refractivity contribution < 1.29 is 13.5 Å². The van der Waals surface area contributed by atoms with Gasteiger partial charge in [-0.2, -0.15) is 8.78 Å². The van der Waals surface area contributed by atoms with Crippen LogP contribution in [0.4, 0.5) is 8.78 Å². The molecule has 3 N–H and O–H groups in total. The summed E-state index contributed by atoms with van der Waals surface area (Å²) in [5, 5.41) is 3.56. The van der Waals surface area contributed by atoms with E-state index in [1.54, 1.807) is 12.1 Å². The SMILES string of the molecule is CC(CCc1ccc(OC(F)F)cc1)NCCCC1CNNC1C. The van der Waals surface area contributed by atoms with E-state index in [-0.39, 0.29) is 5.75 Å². The molecular weight excluding hydrogens is 312 g/mol. The van der Waals surface area contributed by atoms with E-state index in [0.717, 1.165) is 37.4 Å². The zero-order valence-electron chi connectivity index (χ0n) is 14.5. The van der Waals surface area contributed by atoms with Crippen LogP contribution >= 0.6 is 0 Å². The Morgan fingerprint density at radius 2 is 2.04 bits per heavy atom. The van der Waals surface area contributed by atoms with Crippen molar-refractivity contribution in [2.24, 2.45) is 5.92 Å². The van der Waals surface area contributed by atoms with Crippen molar-refractivity contribution in [3.05, 3.63) is 29.8 Å². The Hall–Kier alpha value is -1.24. The van der Waals surface area contributed by atoms with Crippen LogP contribution in [0, 0.1) is 5.92 Å². The highest BCUT2D eigenvalue weighted by Crippen LogP contribution is 2.16. The molecule has 0 saturated carbocycles. The van der Waals surface area contributed by atoms with Gasteiger partial charge in [-0.1, -0.05) is 12.1 Å². The van der Waals surface area contributed by atoms with Crippen LogP contribution in [0.15, 0.2) is 24.3 Å². The lowest BCUT2D eigenvalue weighted by molar-refractivity contribution is -0.0498. The van der Waals surface area contributed by atoms with Gasteiger partial charge in [-0.15, -0.1) is 0 Å². The first kappa shape index (κ1) is 19.1. The first-order valence-corrected chi connectivity index (χ1v) is 8.80. The second-order valence-electron chi connectivity index (χ2n) is 6.63. The Labute approximate surface area is 143 Å². The molecule has 1 heterocycles. The Bertz CT molecular complexity index is 470. The molecule has 0 bridgehead atoms. The highest BCUT2D eigenvalue weighted by Gasteiger charge is 2.21. The van der Waals surface area contributed by atoms with E-state index in [1.165, 1.54) is 12.8 Å². The molecule has 24 heavy (non-hydrogen) atoms. The van der Waals surface area contributed by atoms with E-state index >= 15 is 0 Å². The smallest absolute Gasteiger partial charge is 0.387 e. The number of hydrogen-bond acceptors (Lipinski definition) is 4. The number of benzene rings is 1. The summed E-state index contributed by atoms with van der Waals surface area (Å²) in [7, 11) is 0. The molecule has 3 atom stereocenters.